The molecule has 3 aromatic carbocycles. The van der Waals surface area contributed by atoms with Gasteiger partial charge < -0.3 is 4.74 Å². The van der Waals surface area contributed by atoms with Gasteiger partial charge in [0.15, 0.2) is 6.10 Å². The minimum Gasteiger partial charge on any atom is -0.453 e. The van der Waals surface area contributed by atoms with E-state index >= 15 is 0 Å². The molecule has 3 aromatic rings. The summed E-state index contributed by atoms with van der Waals surface area (Å²) in [4.78, 5) is 25.8. The molecule has 1 saturated heterocycles. The number of benzene rings is 3. The predicted octanol–water partition coefficient (Wildman–Crippen LogP) is 4.36. The molecule has 0 aromatic heterocycles. The van der Waals surface area contributed by atoms with Gasteiger partial charge in [-0.3, -0.25) is 9.59 Å². The van der Waals surface area contributed by atoms with Crippen LogP contribution in [-0.4, -0.2) is 17.9 Å². The Bertz CT molecular complexity index is 904. The first-order valence-corrected chi connectivity index (χ1v) is 8.65. The molecule has 3 nitrogen and oxygen atoms in total. The molecule has 3 heteroatoms. The number of cyclic esters (lactones) is 1. The Morgan fingerprint density at radius 1 is 0.692 bits per heavy atom. The number of rotatable bonds is 4. The topological polar surface area (TPSA) is 43.4 Å². The van der Waals surface area contributed by atoms with Crippen molar-refractivity contribution in [3.8, 4) is 0 Å². The fourth-order valence-corrected chi connectivity index (χ4v) is 3.62. The highest BCUT2D eigenvalue weighted by atomic mass is 16.6. The number of ether oxygens (including phenoxy) is 1. The van der Waals surface area contributed by atoms with E-state index in [1.807, 2.05) is 78.9 Å². The minimum atomic E-state index is -0.822. The van der Waals surface area contributed by atoms with Gasteiger partial charge in [0.1, 0.15) is 0 Å². The largest absolute Gasteiger partial charge is 0.453 e. The van der Waals surface area contributed by atoms with Gasteiger partial charge in [-0.15, -0.1) is 0 Å². The number of esters is 1. The Morgan fingerprint density at radius 2 is 1.19 bits per heavy atom. The fraction of sp³-hybridized carbons (Fsp3) is 0.130. The summed E-state index contributed by atoms with van der Waals surface area (Å²) < 4.78 is 5.62. The highest BCUT2D eigenvalue weighted by Crippen LogP contribution is 2.44. The summed E-state index contributed by atoms with van der Waals surface area (Å²) in [6.07, 6.45) is -0.822. The number of carbonyl (C=O) groups excluding carboxylic acids is 2. The number of hydrogen-bond acceptors (Lipinski definition) is 3. The van der Waals surface area contributed by atoms with Gasteiger partial charge in [0.25, 0.3) is 0 Å². The van der Waals surface area contributed by atoms with Crippen LogP contribution in [0.1, 0.15) is 33.3 Å². The molecular formula is C23H18O3. The third-order valence-corrected chi connectivity index (χ3v) is 4.84. The van der Waals surface area contributed by atoms with Crippen LogP contribution >= 0.6 is 0 Å². The van der Waals surface area contributed by atoms with Crippen LogP contribution in [0.3, 0.4) is 0 Å². The van der Waals surface area contributed by atoms with E-state index in [9.17, 15) is 9.59 Å². The normalized spacial score (nSPS) is 22.0. The van der Waals surface area contributed by atoms with E-state index in [-0.39, 0.29) is 17.7 Å². The molecule has 0 aliphatic carbocycles. The molecule has 0 spiro atoms. The lowest BCUT2D eigenvalue weighted by molar-refractivity contribution is -0.141. The van der Waals surface area contributed by atoms with Crippen LogP contribution in [0.4, 0.5) is 0 Å². The smallest absolute Gasteiger partial charge is 0.314 e. The Kier molecular flexibility index (Phi) is 4.36. The Labute approximate surface area is 152 Å². The number of Topliss-reactive ketones (excluding diaryl/α,β-unsaturated/α-hetero) is 1. The zero-order valence-electron chi connectivity index (χ0n) is 14.1. The van der Waals surface area contributed by atoms with Gasteiger partial charge in [-0.2, -0.15) is 0 Å². The first-order valence-electron chi connectivity index (χ1n) is 8.65. The zero-order valence-corrected chi connectivity index (χ0v) is 14.1. The van der Waals surface area contributed by atoms with Crippen molar-refractivity contribution in [2.75, 3.05) is 0 Å². The van der Waals surface area contributed by atoms with E-state index in [0.717, 1.165) is 11.1 Å². The number of hydrogen-bond donors (Lipinski definition) is 0. The third kappa shape index (κ3) is 2.92. The van der Waals surface area contributed by atoms with Crippen LogP contribution in [0.5, 0.6) is 0 Å². The van der Waals surface area contributed by atoms with Crippen LogP contribution in [-0.2, 0) is 9.53 Å². The number of carbonyl (C=O) groups is 2. The van der Waals surface area contributed by atoms with Crippen molar-refractivity contribution in [3.05, 3.63) is 108 Å². The lowest BCUT2D eigenvalue weighted by Gasteiger charge is -2.21. The van der Waals surface area contributed by atoms with E-state index in [0.29, 0.717) is 5.56 Å². The summed E-state index contributed by atoms with van der Waals surface area (Å²) in [5, 5.41) is 0. The summed E-state index contributed by atoms with van der Waals surface area (Å²) in [5.41, 5.74) is 2.36. The molecule has 0 N–H and O–H groups in total. The second-order valence-electron chi connectivity index (χ2n) is 6.41. The maximum absolute atomic E-state index is 13.1. The second-order valence-corrected chi connectivity index (χ2v) is 6.41. The van der Waals surface area contributed by atoms with Gasteiger partial charge >= 0.3 is 5.97 Å². The van der Waals surface area contributed by atoms with Gasteiger partial charge in [0, 0.05) is 11.5 Å². The molecule has 1 aliphatic rings. The van der Waals surface area contributed by atoms with Crippen molar-refractivity contribution < 1.29 is 14.3 Å². The van der Waals surface area contributed by atoms with Gasteiger partial charge in [-0.25, -0.2) is 0 Å². The van der Waals surface area contributed by atoms with Gasteiger partial charge in [-0.1, -0.05) is 91.0 Å². The van der Waals surface area contributed by atoms with Crippen LogP contribution < -0.4 is 0 Å². The van der Waals surface area contributed by atoms with Gasteiger partial charge in [0.05, 0.1) is 5.92 Å². The van der Waals surface area contributed by atoms with E-state index in [1.165, 1.54) is 0 Å². The maximum atomic E-state index is 13.1. The molecule has 0 radical (unpaired) electrons. The zero-order chi connectivity index (χ0) is 17.9. The molecule has 128 valence electrons. The van der Waals surface area contributed by atoms with Crippen molar-refractivity contribution in [1.82, 2.24) is 0 Å². The summed E-state index contributed by atoms with van der Waals surface area (Å²) in [5.74, 6) is -1.35. The molecule has 1 heterocycles. The van der Waals surface area contributed by atoms with Crippen molar-refractivity contribution in [2.45, 2.75) is 17.9 Å². The summed E-state index contributed by atoms with van der Waals surface area (Å²) in [6.45, 7) is 0. The minimum absolute atomic E-state index is 0.161. The van der Waals surface area contributed by atoms with Crippen LogP contribution in [0.25, 0.3) is 0 Å². The summed E-state index contributed by atoms with van der Waals surface area (Å²) in [6, 6.07) is 28.2. The van der Waals surface area contributed by atoms with Crippen molar-refractivity contribution in [2.24, 2.45) is 0 Å². The standard InChI is InChI=1S/C23H18O3/c24-21(18-14-8-3-9-15-18)22-19(16-10-4-1-5-11-16)20(23(25)26-22)17-12-6-2-7-13-17/h1-15,19-20,22H. The van der Waals surface area contributed by atoms with E-state index in [2.05, 4.69) is 0 Å². The van der Waals surface area contributed by atoms with Gasteiger partial charge in [-0.05, 0) is 11.1 Å². The molecule has 1 fully saturated rings. The van der Waals surface area contributed by atoms with Crippen molar-refractivity contribution >= 4 is 11.8 Å². The SMILES string of the molecule is O=C(c1ccccc1)C1OC(=O)C(c2ccccc2)C1c1ccccc1. The molecule has 3 atom stereocenters. The molecule has 0 bridgehead atoms. The average molecular weight is 342 g/mol. The highest BCUT2D eigenvalue weighted by molar-refractivity contribution is 6.03. The van der Waals surface area contributed by atoms with Crippen LogP contribution in [0, 0.1) is 0 Å². The molecule has 4 rings (SSSR count). The lowest BCUT2D eigenvalue weighted by atomic mass is 9.78. The molecule has 0 saturated carbocycles. The Balaban J connectivity index is 1.79. The average Bonchev–Trinajstić information content (AvgIpc) is 3.06. The molecule has 3 unspecified atom stereocenters. The van der Waals surface area contributed by atoms with E-state index in [4.69, 9.17) is 4.74 Å². The Morgan fingerprint density at radius 3 is 1.77 bits per heavy atom. The summed E-state index contributed by atoms with van der Waals surface area (Å²) in [7, 11) is 0. The monoisotopic (exact) mass is 342 g/mol. The molecule has 1 aliphatic heterocycles. The van der Waals surface area contributed by atoms with Crippen molar-refractivity contribution in [1.29, 1.82) is 0 Å². The lowest BCUT2D eigenvalue weighted by Crippen LogP contribution is -2.27. The van der Waals surface area contributed by atoms with Crippen LogP contribution in [0.15, 0.2) is 91.0 Å². The quantitative estimate of drug-likeness (QED) is 0.522. The van der Waals surface area contributed by atoms with E-state index in [1.54, 1.807) is 12.1 Å². The van der Waals surface area contributed by atoms with Crippen LogP contribution in [0.2, 0.25) is 0 Å². The highest BCUT2D eigenvalue weighted by Gasteiger charge is 2.49. The Hall–Kier alpha value is -3.20. The summed E-state index contributed by atoms with van der Waals surface area (Å²) >= 11 is 0. The third-order valence-electron chi connectivity index (χ3n) is 4.84. The maximum Gasteiger partial charge on any atom is 0.314 e. The second kappa shape index (κ2) is 6.96. The molecule has 26 heavy (non-hydrogen) atoms. The number of ketones is 1. The first kappa shape index (κ1) is 16.3. The van der Waals surface area contributed by atoms with Crippen molar-refractivity contribution in [3.63, 3.8) is 0 Å². The first-order chi connectivity index (χ1) is 12.8. The fourth-order valence-electron chi connectivity index (χ4n) is 3.62. The van der Waals surface area contributed by atoms with Gasteiger partial charge in [0.2, 0.25) is 5.78 Å². The molecular weight excluding hydrogens is 324 g/mol. The molecule has 0 amide bonds. The predicted molar refractivity (Wildman–Crippen MR) is 99.0 cm³/mol. The van der Waals surface area contributed by atoms with E-state index < -0.39 is 12.0 Å².